The minimum absolute atomic E-state index is 0.144. The van der Waals surface area contributed by atoms with Crippen molar-refractivity contribution in [3.63, 3.8) is 0 Å². The standard InChI is InChI=1S/C27H25N3O/c1-21(28-26(31)19-18-23-13-6-3-7-14-23)27-29-24-16-8-9-17-25(24)30(27)20-10-15-22-11-4-2-5-12-22/h2-19,21H,20H2,1H3,(H,28,31)/b15-10+,19-18-. The third-order valence-electron chi connectivity index (χ3n) is 5.05. The highest BCUT2D eigenvalue weighted by atomic mass is 16.1. The Morgan fingerprint density at radius 2 is 1.52 bits per heavy atom. The summed E-state index contributed by atoms with van der Waals surface area (Å²) in [6, 6.07) is 27.8. The van der Waals surface area contributed by atoms with Gasteiger partial charge in [0.05, 0.1) is 17.1 Å². The quantitative estimate of drug-likeness (QED) is 0.403. The summed E-state index contributed by atoms with van der Waals surface area (Å²) < 4.78 is 2.15. The fourth-order valence-corrected chi connectivity index (χ4v) is 3.54. The SMILES string of the molecule is CC(NC(=O)/C=C\c1ccccc1)c1nc2ccccc2n1C/C=C/c1ccccc1. The predicted molar refractivity (Wildman–Crippen MR) is 127 cm³/mol. The molecule has 1 heterocycles. The molecular weight excluding hydrogens is 382 g/mol. The molecule has 31 heavy (non-hydrogen) atoms. The highest BCUT2D eigenvalue weighted by molar-refractivity contribution is 5.92. The first kappa shape index (κ1) is 20.4. The smallest absolute Gasteiger partial charge is 0.244 e. The van der Waals surface area contributed by atoms with E-state index in [0.717, 1.165) is 28.0 Å². The van der Waals surface area contributed by atoms with Gasteiger partial charge in [-0.25, -0.2) is 4.98 Å². The normalized spacial score (nSPS) is 12.5. The highest BCUT2D eigenvalue weighted by Crippen LogP contribution is 2.21. The Kier molecular flexibility index (Phi) is 6.38. The maximum atomic E-state index is 12.5. The Hall–Kier alpha value is -3.92. The van der Waals surface area contributed by atoms with Gasteiger partial charge in [0.25, 0.3) is 0 Å². The number of imidazole rings is 1. The van der Waals surface area contributed by atoms with Crippen molar-refractivity contribution in [1.82, 2.24) is 14.9 Å². The Bertz CT molecular complexity index is 1210. The summed E-state index contributed by atoms with van der Waals surface area (Å²) in [5.41, 5.74) is 4.12. The van der Waals surface area contributed by atoms with E-state index >= 15 is 0 Å². The number of hydrogen-bond acceptors (Lipinski definition) is 2. The Labute approximate surface area is 182 Å². The zero-order valence-corrected chi connectivity index (χ0v) is 17.5. The summed E-state index contributed by atoms with van der Waals surface area (Å²) in [5.74, 6) is 0.690. The molecule has 1 unspecified atom stereocenters. The van der Waals surface area contributed by atoms with Crippen molar-refractivity contribution in [3.05, 3.63) is 114 Å². The van der Waals surface area contributed by atoms with Gasteiger partial charge < -0.3 is 9.88 Å². The molecule has 4 rings (SSSR count). The van der Waals surface area contributed by atoms with Crippen molar-refractivity contribution >= 4 is 29.1 Å². The van der Waals surface area contributed by atoms with Gasteiger partial charge in [-0.1, -0.05) is 84.9 Å². The number of rotatable bonds is 7. The van der Waals surface area contributed by atoms with Gasteiger partial charge in [-0.05, 0) is 36.3 Å². The molecule has 0 aliphatic heterocycles. The van der Waals surface area contributed by atoms with Gasteiger partial charge in [0.15, 0.2) is 0 Å². The van der Waals surface area contributed by atoms with Crippen molar-refractivity contribution in [2.75, 3.05) is 0 Å². The van der Waals surface area contributed by atoms with E-state index in [1.807, 2.05) is 79.7 Å². The summed E-state index contributed by atoms with van der Waals surface area (Å²) in [7, 11) is 0. The van der Waals surface area contributed by atoms with Crippen LogP contribution >= 0.6 is 0 Å². The molecule has 1 aromatic heterocycles. The summed E-state index contributed by atoms with van der Waals surface area (Å²) in [6.45, 7) is 2.64. The molecule has 1 amide bonds. The molecule has 0 bridgehead atoms. The summed E-state index contributed by atoms with van der Waals surface area (Å²) in [5, 5.41) is 3.04. The Morgan fingerprint density at radius 1 is 0.903 bits per heavy atom. The molecule has 154 valence electrons. The number of para-hydroxylation sites is 2. The number of fused-ring (bicyclic) bond motifs is 1. The van der Waals surface area contributed by atoms with E-state index in [0.29, 0.717) is 6.54 Å². The maximum Gasteiger partial charge on any atom is 0.244 e. The number of nitrogens with zero attached hydrogens (tertiary/aromatic N) is 2. The topological polar surface area (TPSA) is 46.9 Å². The summed E-state index contributed by atoms with van der Waals surface area (Å²) in [4.78, 5) is 17.3. The van der Waals surface area contributed by atoms with Gasteiger partial charge in [-0.2, -0.15) is 0 Å². The molecule has 0 aliphatic rings. The van der Waals surface area contributed by atoms with Crippen LogP contribution in [0.5, 0.6) is 0 Å². The van der Waals surface area contributed by atoms with Crippen LogP contribution < -0.4 is 5.32 Å². The first-order chi connectivity index (χ1) is 15.2. The van der Waals surface area contributed by atoms with Crippen LogP contribution in [0.15, 0.2) is 97.1 Å². The summed E-state index contributed by atoms with van der Waals surface area (Å²) in [6.07, 6.45) is 7.60. The van der Waals surface area contributed by atoms with Crippen LogP contribution in [0.3, 0.4) is 0 Å². The molecule has 0 radical (unpaired) electrons. The number of amides is 1. The Balaban J connectivity index is 1.53. The van der Waals surface area contributed by atoms with E-state index in [2.05, 4.69) is 40.2 Å². The van der Waals surface area contributed by atoms with Crippen LogP contribution in [0.4, 0.5) is 0 Å². The van der Waals surface area contributed by atoms with E-state index in [1.54, 1.807) is 6.08 Å². The lowest BCUT2D eigenvalue weighted by atomic mass is 10.2. The van der Waals surface area contributed by atoms with Crippen LogP contribution in [0.2, 0.25) is 0 Å². The second-order valence-corrected chi connectivity index (χ2v) is 7.36. The minimum atomic E-state index is -0.231. The minimum Gasteiger partial charge on any atom is -0.343 e. The fourth-order valence-electron chi connectivity index (χ4n) is 3.54. The maximum absolute atomic E-state index is 12.5. The van der Waals surface area contributed by atoms with Crippen molar-refractivity contribution in [2.45, 2.75) is 19.5 Å². The first-order valence-electron chi connectivity index (χ1n) is 10.4. The zero-order valence-electron chi connectivity index (χ0n) is 17.5. The number of benzene rings is 3. The second-order valence-electron chi connectivity index (χ2n) is 7.36. The molecule has 0 saturated carbocycles. The third-order valence-corrected chi connectivity index (χ3v) is 5.05. The number of carbonyl (C=O) groups is 1. The van der Waals surface area contributed by atoms with Crippen LogP contribution in [0, 0.1) is 0 Å². The lowest BCUT2D eigenvalue weighted by molar-refractivity contribution is -0.117. The predicted octanol–water partition coefficient (Wildman–Crippen LogP) is 5.64. The second kappa shape index (κ2) is 9.72. The van der Waals surface area contributed by atoms with Gasteiger partial charge in [0.2, 0.25) is 5.91 Å². The van der Waals surface area contributed by atoms with Crippen molar-refractivity contribution in [3.8, 4) is 0 Å². The number of hydrogen-bond donors (Lipinski definition) is 1. The number of allylic oxidation sites excluding steroid dienone is 1. The number of carbonyl (C=O) groups excluding carboxylic acids is 1. The molecular formula is C27H25N3O. The third kappa shape index (κ3) is 5.17. The zero-order chi connectivity index (χ0) is 21.5. The van der Waals surface area contributed by atoms with E-state index in [-0.39, 0.29) is 11.9 Å². The first-order valence-corrected chi connectivity index (χ1v) is 10.4. The van der Waals surface area contributed by atoms with Gasteiger partial charge in [0.1, 0.15) is 5.82 Å². The molecule has 1 atom stereocenters. The molecule has 4 nitrogen and oxygen atoms in total. The van der Waals surface area contributed by atoms with Gasteiger partial charge >= 0.3 is 0 Å². The number of nitrogens with one attached hydrogen (secondary N) is 1. The highest BCUT2D eigenvalue weighted by Gasteiger charge is 2.17. The lowest BCUT2D eigenvalue weighted by Crippen LogP contribution is -2.27. The molecule has 1 N–H and O–H groups in total. The van der Waals surface area contributed by atoms with Crippen LogP contribution in [-0.4, -0.2) is 15.5 Å². The van der Waals surface area contributed by atoms with Crippen molar-refractivity contribution in [1.29, 1.82) is 0 Å². The van der Waals surface area contributed by atoms with Gasteiger partial charge in [0, 0.05) is 12.6 Å². The van der Waals surface area contributed by atoms with Crippen LogP contribution in [-0.2, 0) is 11.3 Å². The molecule has 0 saturated heterocycles. The fraction of sp³-hybridized carbons (Fsp3) is 0.111. The van der Waals surface area contributed by atoms with Crippen LogP contribution in [0.1, 0.15) is 29.9 Å². The average molecular weight is 408 g/mol. The van der Waals surface area contributed by atoms with Crippen molar-refractivity contribution < 1.29 is 4.79 Å². The van der Waals surface area contributed by atoms with Gasteiger partial charge in [-0.15, -0.1) is 0 Å². The largest absolute Gasteiger partial charge is 0.343 e. The molecule has 4 heteroatoms. The molecule has 0 fully saturated rings. The monoisotopic (exact) mass is 407 g/mol. The molecule has 0 spiro atoms. The van der Waals surface area contributed by atoms with E-state index in [1.165, 1.54) is 0 Å². The lowest BCUT2D eigenvalue weighted by Gasteiger charge is -2.14. The van der Waals surface area contributed by atoms with Crippen LogP contribution in [0.25, 0.3) is 23.2 Å². The van der Waals surface area contributed by atoms with Crippen molar-refractivity contribution in [2.24, 2.45) is 0 Å². The summed E-state index contributed by atoms with van der Waals surface area (Å²) >= 11 is 0. The number of aromatic nitrogens is 2. The average Bonchev–Trinajstić information content (AvgIpc) is 3.18. The molecule has 4 aromatic rings. The molecule has 3 aromatic carbocycles. The Morgan fingerprint density at radius 3 is 2.23 bits per heavy atom. The van der Waals surface area contributed by atoms with E-state index in [9.17, 15) is 4.79 Å². The van der Waals surface area contributed by atoms with E-state index < -0.39 is 0 Å². The van der Waals surface area contributed by atoms with Gasteiger partial charge in [-0.3, -0.25) is 4.79 Å². The molecule has 0 aliphatic carbocycles. The van der Waals surface area contributed by atoms with E-state index in [4.69, 9.17) is 4.98 Å².